The van der Waals surface area contributed by atoms with Gasteiger partial charge in [-0.3, -0.25) is 0 Å². The number of anilines is 1. The molecule has 8 heterocycles. The standard InChI is InChI=1S/C21H24F3N5O2.C13H7ClF3N3O.C8H18N2O.C8H14N2O.C6H10N2.C2H5BrO/c22-21(23,24)31-17-3-1-2-16(12-17)18-14-26-20-5-4-19(27-29(18)20)25-13-15-6-8-28(9-7-15)10-11-30;14-11-4-5-12-18-7-10(20(12)19-11)8-2-1-3-9(6-8)21-13(15,16)17;2*9-7-8-1-3-10(4-2-8)5-6-11;7-5-6-1-3-8-4-2-6;3-1-2-4/h1-5,12,14-15,30H,6-11,13H2,(H,25,27);1-7H;8,11H,1-7,9H2;8,11H,1-6H2;6,8H,1-4H2;4H,1-2H2. The smallest absolute Gasteiger partial charge is 0.406 e. The fourth-order valence-corrected chi connectivity index (χ4v) is 9.83. The average molecular weight is 1300 g/mol. The maximum absolute atomic E-state index is 12.5. The lowest BCUT2D eigenvalue weighted by atomic mass is 9.97. The molecule has 10 rings (SSSR count). The van der Waals surface area contributed by atoms with Crippen molar-refractivity contribution in [1.29, 1.82) is 10.5 Å². The largest absolute Gasteiger partial charge is 0.573 e. The quantitative estimate of drug-likeness (QED) is 0.0378. The van der Waals surface area contributed by atoms with Gasteiger partial charge < -0.3 is 61.0 Å². The van der Waals surface area contributed by atoms with Crippen LogP contribution in [0, 0.1) is 46.3 Å². The number of β-amino-alcohol motifs (C(OH)–C–C–N with tert-alkyl or cyclic N) is 3. The number of likely N-dealkylation sites (tertiary alicyclic amines) is 3. The summed E-state index contributed by atoms with van der Waals surface area (Å²) >= 11 is 8.82. The molecule has 0 atom stereocenters. The molecular formula is C58H78BrClF6N14O6. The van der Waals surface area contributed by atoms with Crippen LogP contribution in [0.1, 0.15) is 51.4 Å². The van der Waals surface area contributed by atoms with Gasteiger partial charge in [-0.15, -0.1) is 31.4 Å². The van der Waals surface area contributed by atoms with Crippen molar-refractivity contribution in [2.45, 2.75) is 64.1 Å². The number of aliphatic hydroxyl groups excluding tert-OH is 4. The molecule has 4 fully saturated rings. The number of aromatic nitrogens is 6. The Kier molecular flexibility index (Phi) is 31.0. The molecule has 86 heavy (non-hydrogen) atoms. The highest BCUT2D eigenvalue weighted by Gasteiger charge is 2.32. The fraction of sp³-hybridized carbons (Fsp3) is 0.552. The van der Waals surface area contributed by atoms with Gasteiger partial charge in [0, 0.05) is 54.5 Å². The van der Waals surface area contributed by atoms with E-state index in [1.165, 1.54) is 60.0 Å². The van der Waals surface area contributed by atoms with E-state index in [-0.39, 0.29) is 49.0 Å². The highest BCUT2D eigenvalue weighted by atomic mass is 79.9. The Morgan fingerprint density at radius 3 is 1.47 bits per heavy atom. The van der Waals surface area contributed by atoms with Crippen LogP contribution in [0.4, 0.5) is 32.2 Å². The maximum Gasteiger partial charge on any atom is 0.573 e. The molecule has 2 aromatic carbocycles. The summed E-state index contributed by atoms with van der Waals surface area (Å²) in [6, 6.07) is 22.8. The summed E-state index contributed by atoms with van der Waals surface area (Å²) in [4.78, 5) is 15.2. The molecule has 0 saturated carbocycles. The van der Waals surface area contributed by atoms with Gasteiger partial charge in [0.05, 0.1) is 62.3 Å². The Bertz CT molecular complexity index is 2960. The lowest BCUT2D eigenvalue weighted by Crippen LogP contribution is -2.37. The summed E-state index contributed by atoms with van der Waals surface area (Å²) in [5, 5.41) is 67.3. The number of halogens is 8. The fourth-order valence-electron chi connectivity index (χ4n) is 9.69. The van der Waals surface area contributed by atoms with Crippen LogP contribution in [0.3, 0.4) is 0 Å². The Hall–Kier alpha value is -5.95. The molecule has 0 unspecified atom stereocenters. The van der Waals surface area contributed by atoms with E-state index >= 15 is 0 Å². The second-order valence-corrected chi connectivity index (χ2v) is 21.7. The zero-order valence-corrected chi connectivity index (χ0v) is 50.2. The van der Waals surface area contributed by atoms with Gasteiger partial charge in [0.25, 0.3) is 0 Å². The van der Waals surface area contributed by atoms with E-state index in [1.54, 1.807) is 35.0 Å². The zero-order valence-electron chi connectivity index (χ0n) is 47.9. The molecule has 4 aliphatic rings. The summed E-state index contributed by atoms with van der Waals surface area (Å²) in [5.74, 6) is 1.91. The first-order valence-electron chi connectivity index (χ1n) is 28.6. The number of nitrogens with zero attached hydrogens (tertiary/aromatic N) is 11. The second kappa shape index (κ2) is 37.7. The van der Waals surface area contributed by atoms with Gasteiger partial charge >= 0.3 is 12.7 Å². The molecule has 0 amide bonds. The van der Waals surface area contributed by atoms with Crippen LogP contribution in [-0.4, -0.2) is 194 Å². The van der Waals surface area contributed by atoms with Crippen molar-refractivity contribution in [2.75, 3.05) is 122 Å². The molecule has 8 N–H and O–H groups in total. The Morgan fingerprint density at radius 2 is 1.05 bits per heavy atom. The predicted molar refractivity (Wildman–Crippen MR) is 319 cm³/mol. The van der Waals surface area contributed by atoms with Gasteiger partial charge in [-0.05, 0) is 171 Å². The summed E-state index contributed by atoms with van der Waals surface area (Å²) in [5.41, 5.74) is 8.79. The average Bonchev–Trinajstić information content (AvgIpc) is 3.65. The molecule has 4 saturated heterocycles. The first-order chi connectivity index (χ1) is 41.4. The number of nitrogens with two attached hydrogens (primary N) is 1. The minimum absolute atomic E-state index is 0.186. The molecule has 0 bridgehead atoms. The van der Waals surface area contributed by atoms with Gasteiger partial charge in [0.1, 0.15) is 22.5 Å². The van der Waals surface area contributed by atoms with Crippen molar-refractivity contribution >= 4 is 44.6 Å². The van der Waals surface area contributed by atoms with Crippen LogP contribution in [-0.2, 0) is 0 Å². The highest BCUT2D eigenvalue weighted by Crippen LogP contribution is 2.31. The number of ether oxygens (including phenoxy) is 2. The van der Waals surface area contributed by atoms with Crippen molar-refractivity contribution in [3.63, 3.8) is 0 Å². The third-order valence-electron chi connectivity index (χ3n) is 14.4. The first kappa shape index (κ1) is 70.8. The van der Waals surface area contributed by atoms with Crippen LogP contribution in [0.25, 0.3) is 33.8 Å². The summed E-state index contributed by atoms with van der Waals surface area (Å²) in [6.45, 7) is 13.0. The number of rotatable bonds is 15. The third kappa shape index (κ3) is 25.4. The van der Waals surface area contributed by atoms with Crippen molar-refractivity contribution < 1.29 is 56.2 Å². The number of benzene rings is 2. The highest BCUT2D eigenvalue weighted by molar-refractivity contribution is 9.09. The van der Waals surface area contributed by atoms with Crippen molar-refractivity contribution in [2.24, 2.45) is 29.4 Å². The van der Waals surface area contributed by atoms with Gasteiger partial charge in [0.15, 0.2) is 11.3 Å². The number of nitriles is 2. The van der Waals surface area contributed by atoms with E-state index in [1.807, 2.05) is 12.1 Å². The van der Waals surface area contributed by atoms with Gasteiger partial charge in [0.2, 0.25) is 0 Å². The van der Waals surface area contributed by atoms with Gasteiger partial charge in [-0.1, -0.05) is 51.8 Å². The third-order valence-corrected chi connectivity index (χ3v) is 14.9. The Labute approximate surface area is 510 Å². The molecule has 0 aliphatic carbocycles. The summed E-state index contributed by atoms with van der Waals surface area (Å²) in [7, 11) is 0. The van der Waals surface area contributed by atoms with E-state index in [2.05, 4.69) is 83.0 Å². The molecule has 472 valence electrons. The lowest BCUT2D eigenvalue weighted by molar-refractivity contribution is -0.275. The van der Waals surface area contributed by atoms with Crippen LogP contribution < -0.4 is 25.8 Å². The SMILES string of the molecule is FC(F)(F)Oc1cccc(-c2cnc3ccc(Cl)nn23)c1.N#CC1CCN(CCO)CC1.N#CC1CCNCC1.NCC1CCN(CCO)CC1.OCCBr.OCCN1CCC(CNc2ccc3ncc(-c4cccc(OC(F)(F)F)c4)n3n2)CC1. The van der Waals surface area contributed by atoms with E-state index in [0.717, 1.165) is 130 Å². The van der Waals surface area contributed by atoms with E-state index < -0.39 is 12.7 Å². The number of piperidine rings is 4. The number of alkyl halides is 7. The van der Waals surface area contributed by atoms with Gasteiger partial charge in [-0.2, -0.15) is 15.6 Å². The minimum Gasteiger partial charge on any atom is -0.406 e. The molecule has 20 nitrogen and oxygen atoms in total. The van der Waals surface area contributed by atoms with E-state index in [4.69, 9.17) is 48.3 Å². The summed E-state index contributed by atoms with van der Waals surface area (Å²) in [6.07, 6.45) is 2.13. The number of nitrogens with one attached hydrogen (secondary N) is 2. The number of fused-ring (bicyclic) bond motifs is 2. The Balaban J connectivity index is 0.000000211. The van der Waals surface area contributed by atoms with Crippen molar-refractivity contribution in [3.8, 4) is 46.2 Å². The molecule has 4 aliphatic heterocycles. The number of aliphatic hydroxyl groups is 4. The topological polar surface area (TPSA) is 267 Å². The molecular weight excluding hydrogens is 1220 g/mol. The molecule has 0 radical (unpaired) electrons. The van der Waals surface area contributed by atoms with Crippen molar-refractivity contribution in [1.82, 2.24) is 49.2 Å². The van der Waals surface area contributed by atoms with E-state index in [9.17, 15) is 26.3 Å². The predicted octanol–water partition coefficient (Wildman–Crippen LogP) is 8.11. The molecule has 0 spiro atoms. The van der Waals surface area contributed by atoms with Crippen LogP contribution in [0.15, 0.2) is 85.2 Å². The maximum atomic E-state index is 12.5. The molecule has 28 heteroatoms. The van der Waals surface area contributed by atoms with Crippen LogP contribution >= 0.6 is 27.5 Å². The number of imidazole rings is 2. The number of hydrogen-bond acceptors (Lipinski definition) is 18. The van der Waals surface area contributed by atoms with Crippen LogP contribution in [0.2, 0.25) is 5.15 Å². The van der Waals surface area contributed by atoms with Crippen LogP contribution in [0.5, 0.6) is 11.5 Å². The van der Waals surface area contributed by atoms with Gasteiger partial charge in [-0.25, -0.2) is 19.0 Å². The Morgan fingerprint density at radius 1 is 0.616 bits per heavy atom. The normalized spacial score (nSPS) is 16.7. The first-order valence-corrected chi connectivity index (χ1v) is 30.1. The second-order valence-electron chi connectivity index (χ2n) is 20.5. The monoisotopic (exact) mass is 1290 g/mol. The zero-order chi connectivity index (χ0) is 62.3. The lowest BCUT2D eigenvalue weighted by Gasteiger charge is -2.31. The van der Waals surface area contributed by atoms with Crippen molar-refractivity contribution in [3.05, 3.63) is 90.3 Å². The summed E-state index contributed by atoms with van der Waals surface area (Å²) < 4.78 is 85.4. The number of hydrogen-bond donors (Lipinski definition) is 7. The van der Waals surface area contributed by atoms with E-state index in [0.29, 0.717) is 56.8 Å². The molecule has 6 aromatic rings. The molecule has 4 aromatic heterocycles. The minimum atomic E-state index is -4.75.